The van der Waals surface area contributed by atoms with Crippen LogP contribution in [0, 0.1) is 12.7 Å². The number of aryl methyl sites for hydroxylation is 1. The lowest BCUT2D eigenvalue weighted by Crippen LogP contribution is -2.39. The van der Waals surface area contributed by atoms with Gasteiger partial charge in [0, 0.05) is 25.5 Å². The van der Waals surface area contributed by atoms with Gasteiger partial charge in [-0.3, -0.25) is 9.79 Å². The van der Waals surface area contributed by atoms with Crippen LogP contribution in [0.25, 0.3) is 0 Å². The van der Waals surface area contributed by atoms with Crippen molar-refractivity contribution in [2.75, 3.05) is 26.7 Å². The van der Waals surface area contributed by atoms with Crippen LogP contribution in [-0.2, 0) is 17.8 Å². The van der Waals surface area contributed by atoms with Gasteiger partial charge >= 0.3 is 0 Å². The first-order chi connectivity index (χ1) is 13.0. The highest BCUT2D eigenvalue weighted by Gasteiger charge is 2.09. The second-order valence-electron chi connectivity index (χ2n) is 6.10. The van der Waals surface area contributed by atoms with Gasteiger partial charge in [0.25, 0.3) is 0 Å². The minimum Gasteiger partial charge on any atom is -0.357 e. The van der Waals surface area contributed by atoms with Crippen molar-refractivity contribution in [2.45, 2.75) is 26.8 Å². The number of hydrogen-bond donors (Lipinski definition) is 2. The number of thiazole rings is 1. The van der Waals surface area contributed by atoms with Gasteiger partial charge < -0.3 is 15.5 Å². The van der Waals surface area contributed by atoms with E-state index >= 15 is 0 Å². The number of halogens is 1. The number of hydrogen-bond acceptors (Lipinski definition) is 4. The Morgan fingerprint density at radius 3 is 2.67 bits per heavy atom. The minimum absolute atomic E-state index is 0.104. The molecule has 0 fully saturated rings. The van der Waals surface area contributed by atoms with E-state index in [9.17, 15) is 9.18 Å². The zero-order chi connectivity index (χ0) is 19.6. The fraction of sp³-hybridized carbons (Fsp3) is 0.421. The second kappa shape index (κ2) is 10.6. The molecule has 0 unspecified atom stereocenters. The predicted octanol–water partition coefficient (Wildman–Crippen LogP) is 2.35. The number of rotatable bonds is 8. The zero-order valence-electron chi connectivity index (χ0n) is 16.0. The quantitative estimate of drug-likeness (QED) is 0.412. The number of carbonyl (C=O) groups is 1. The molecule has 0 radical (unpaired) electrons. The Labute approximate surface area is 163 Å². The van der Waals surface area contributed by atoms with E-state index in [-0.39, 0.29) is 18.1 Å². The molecule has 0 saturated heterocycles. The zero-order valence-corrected chi connectivity index (χ0v) is 16.8. The maximum absolute atomic E-state index is 12.9. The molecule has 27 heavy (non-hydrogen) atoms. The molecular weight excluding hydrogens is 365 g/mol. The molecule has 1 amide bonds. The van der Waals surface area contributed by atoms with Crippen LogP contribution in [0.1, 0.15) is 23.2 Å². The number of guanidine groups is 1. The standard InChI is InChI=1S/C19H26FN5OS/c1-4-21-19(25(3)12-17-13-27-14(2)24-17)23-10-9-22-18(26)11-15-5-7-16(20)8-6-15/h5-8,13H,4,9-12H2,1-3H3,(H,21,23)(H,22,26). The maximum Gasteiger partial charge on any atom is 0.224 e. The van der Waals surface area contributed by atoms with Crippen molar-refractivity contribution in [1.29, 1.82) is 0 Å². The number of nitrogens with zero attached hydrogens (tertiary/aromatic N) is 3. The van der Waals surface area contributed by atoms with Crippen LogP contribution in [-0.4, -0.2) is 48.4 Å². The molecule has 2 N–H and O–H groups in total. The van der Waals surface area contributed by atoms with Crippen molar-refractivity contribution in [3.05, 3.63) is 51.7 Å². The number of aromatic nitrogens is 1. The first-order valence-corrected chi connectivity index (χ1v) is 9.77. The van der Waals surface area contributed by atoms with Crippen molar-refractivity contribution in [3.63, 3.8) is 0 Å². The van der Waals surface area contributed by atoms with Crippen molar-refractivity contribution in [1.82, 2.24) is 20.5 Å². The molecule has 2 rings (SSSR count). The normalized spacial score (nSPS) is 11.3. The number of amides is 1. The molecule has 1 heterocycles. The lowest BCUT2D eigenvalue weighted by Gasteiger charge is -2.21. The first-order valence-electron chi connectivity index (χ1n) is 8.89. The predicted molar refractivity (Wildman–Crippen MR) is 107 cm³/mol. The van der Waals surface area contributed by atoms with Crippen molar-refractivity contribution < 1.29 is 9.18 Å². The largest absolute Gasteiger partial charge is 0.357 e. The van der Waals surface area contributed by atoms with Crippen LogP contribution in [0.2, 0.25) is 0 Å². The highest BCUT2D eigenvalue weighted by Crippen LogP contribution is 2.09. The number of aliphatic imine (C=N–C) groups is 1. The van der Waals surface area contributed by atoms with E-state index in [1.165, 1.54) is 12.1 Å². The summed E-state index contributed by atoms with van der Waals surface area (Å²) in [6.07, 6.45) is 0.229. The summed E-state index contributed by atoms with van der Waals surface area (Å²) in [7, 11) is 1.96. The highest BCUT2D eigenvalue weighted by atomic mass is 32.1. The van der Waals surface area contributed by atoms with Crippen molar-refractivity contribution >= 4 is 23.2 Å². The average molecular weight is 392 g/mol. The van der Waals surface area contributed by atoms with E-state index in [0.29, 0.717) is 19.6 Å². The third-order valence-electron chi connectivity index (χ3n) is 3.74. The van der Waals surface area contributed by atoms with E-state index in [4.69, 9.17) is 0 Å². The Bertz CT molecular complexity index is 760. The third kappa shape index (κ3) is 7.34. The van der Waals surface area contributed by atoms with Crippen LogP contribution in [0.4, 0.5) is 4.39 Å². The SMILES string of the molecule is CCNC(=NCCNC(=O)Cc1ccc(F)cc1)N(C)Cc1csc(C)n1. The fourth-order valence-electron chi connectivity index (χ4n) is 2.48. The summed E-state index contributed by atoms with van der Waals surface area (Å²) in [5.41, 5.74) is 1.79. The first kappa shape index (κ1) is 20.8. The molecule has 2 aromatic rings. The van der Waals surface area contributed by atoms with Crippen LogP contribution < -0.4 is 10.6 Å². The molecule has 1 aromatic heterocycles. The van der Waals surface area contributed by atoms with Gasteiger partial charge in [0.2, 0.25) is 5.91 Å². The summed E-state index contributed by atoms with van der Waals surface area (Å²) in [4.78, 5) is 23.0. The molecule has 0 aliphatic rings. The van der Waals surface area contributed by atoms with Crippen LogP contribution in [0.5, 0.6) is 0 Å². The maximum atomic E-state index is 12.9. The summed E-state index contributed by atoms with van der Waals surface area (Å²) in [5.74, 6) is 0.366. The van der Waals surface area contributed by atoms with Gasteiger partial charge in [0.05, 0.1) is 30.2 Å². The van der Waals surface area contributed by atoms with Crippen LogP contribution in [0.15, 0.2) is 34.6 Å². The van der Waals surface area contributed by atoms with E-state index in [2.05, 4.69) is 20.6 Å². The molecule has 0 aliphatic carbocycles. The Balaban J connectivity index is 1.79. The molecule has 146 valence electrons. The van der Waals surface area contributed by atoms with Gasteiger partial charge in [0.1, 0.15) is 5.82 Å². The van der Waals surface area contributed by atoms with Gasteiger partial charge in [-0.15, -0.1) is 11.3 Å². The van der Waals surface area contributed by atoms with Crippen LogP contribution >= 0.6 is 11.3 Å². The molecule has 0 bridgehead atoms. The molecule has 6 nitrogen and oxygen atoms in total. The lowest BCUT2D eigenvalue weighted by atomic mass is 10.1. The molecule has 0 saturated carbocycles. The fourth-order valence-corrected chi connectivity index (χ4v) is 3.08. The van der Waals surface area contributed by atoms with Gasteiger partial charge in [-0.05, 0) is 31.5 Å². The Kier molecular flexibility index (Phi) is 8.19. The third-order valence-corrected chi connectivity index (χ3v) is 4.56. The molecule has 0 aliphatic heterocycles. The summed E-state index contributed by atoms with van der Waals surface area (Å²) in [5, 5.41) is 9.18. The van der Waals surface area contributed by atoms with E-state index in [1.54, 1.807) is 23.5 Å². The van der Waals surface area contributed by atoms with Crippen LogP contribution in [0.3, 0.4) is 0 Å². The summed E-state index contributed by atoms with van der Waals surface area (Å²) in [6.45, 7) is 6.35. The highest BCUT2D eigenvalue weighted by molar-refractivity contribution is 7.09. The summed E-state index contributed by atoms with van der Waals surface area (Å²) in [6, 6.07) is 5.95. The van der Waals surface area contributed by atoms with Gasteiger partial charge in [-0.25, -0.2) is 9.37 Å². The molecule has 8 heteroatoms. The summed E-state index contributed by atoms with van der Waals surface area (Å²) < 4.78 is 12.9. The Morgan fingerprint density at radius 2 is 2.04 bits per heavy atom. The van der Waals surface area contributed by atoms with Crippen molar-refractivity contribution in [2.24, 2.45) is 4.99 Å². The molecule has 1 aromatic carbocycles. The average Bonchev–Trinajstić information content (AvgIpc) is 3.04. The Morgan fingerprint density at radius 1 is 1.30 bits per heavy atom. The van der Waals surface area contributed by atoms with Gasteiger partial charge in [-0.2, -0.15) is 0 Å². The monoisotopic (exact) mass is 391 g/mol. The van der Waals surface area contributed by atoms with E-state index < -0.39 is 0 Å². The number of nitrogens with one attached hydrogen (secondary N) is 2. The number of benzene rings is 1. The topological polar surface area (TPSA) is 69.6 Å². The van der Waals surface area contributed by atoms with Gasteiger partial charge in [0.15, 0.2) is 5.96 Å². The van der Waals surface area contributed by atoms with E-state index in [1.807, 2.05) is 31.2 Å². The Hall–Kier alpha value is -2.48. The number of carbonyl (C=O) groups excluding carboxylic acids is 1. The van der Waals surface area contributed by atoms with E-state index in [0.717, 1.165) is 28.8 Å². The molecule has 0 spiro atoms. The van der Waals surface area contributed by atoms with Gasteiger partial charge in [-0.1, -0.05) is 12.1 Å². The molecule has 0 atom stereocenters. The summed E-state index contributed by atoms with van der Waals surface area (Å²) >= 11 is 1.63. The lowest BCUT2D eigenvalue weighted by molar-refractivity contribution is -0.120. The smallest absolute Gasteiger partial charge is 0.224 e. The second-order valence-corrected chi connectivity index (χ2v) is 7.17. The van der Waals surface area contributed by atoms with Crippen molar-refractivity contribution in [3.8, 4) is 0 Å². The minimum atomic E-state index is -0.304. The molecular formula is C19H26FN5OS.